The fraction of sp³-hybridized carbons (Fsp3) is 0.333. The maximum Gasteiger partial charge on any atom is 0.356 e. The van der Waals surface area contributed by atoms with Crippen molar-refractivity contribution >= 4 is 34.3 Å². The summed E-state index contributed by atoms with van der Waals surface area (Å²) in [5.74, 6) is -0.925. The van der Waals surface area contributed by atoms with Gasteiger partial charge in [0.2, 0.25) is 5.91 Å². The summed E-state index contributed by atoms with van der Waals surface area (Å²) in [6, 6.07) is 12.0. The second-order valence-corrected chi connectivity index (χ2v) is 8.80. The molecule has 0 unspecified atom stereocenters. The van der Waals surface area contributed by atoms with Crippen LogP contribution in [-0.4, -0.2) is 52.0 Å². The molecule has 0 spiro atoms. The molecule has 0 aliphatic heterocycles. The molecule has 4 rings (SSSR count). The summed E-state index contributed by atoms with van der Waals surface area (Å²) >= 11 is 0. The van der Waals surface area contributed by atoms with Crippen LogP contribution in [0.5, 0.6) is 0 Å². The Bertz CT molecular complexity index is 1390. The van der Waals surface area contributed by atoms with Crippen molar-refractivity contribution in [3.63, 3.8) is 0 Å². The number of pyridine rings is 1. The quantitative estimate of drug-likeness (QED) is 0.300. The van der Waals surface area contributed by atoms with Gasteiger partial charge >= 0.3 is 5.97 Å². The lowest BCUT2D eigenvalue weighted by Crippen LogP contribution is -2.20. The number of rotatable bonds is 11. The number of hydrogen-bond acceptors (Lipinski definition) is 7. The molecule has 10 nitrogen and oxygen atoms in total. The highest BCUT2D eigenvalue weighted by atomic mass is 16.5. The average molecular weight is 505 g/mol. The Morgan fingerprint density at radius 3 is 2.59 bits per heavy atom. The number of ether oxygens (including phenoxy) is 2. The van der Waals surface area contributed by atoms with Gasteiger partial charge in [-0.25, -0.2) is 9.78 Å². The molecule has 1 amide bonds. The van der Waals surface area contributed by atoms with Gasteiger partial charge in [-0.05, 0) is 31.4 Å². The molecule has 0 radical (unpaired) electrons. The van der Waals surface area contributed by atoms with E-state index in [9.17, 15) is 9.59 Å². The van der Waals surface area contributed by atoms with Crippen LogP contribution >= 0.6 is 0 Å². The topological polar surface area (TPSA) is 112 Å². The summed E-state index contributed by atoms with van der Waals surface area (Å²) in [6.07, 6.45) is 5.29. The van der Waals surface area contributed by atoms with Gasteiger partial charge in [0.15, 0.2) is 5.69 Å². The van der Waals surface area contributed by atoms with E-state index < -0.39 is 5.97 Å². The second kappa shape index (κ2) is 11.7. The van der Waals surface area contributed by atoms with Gasteiger partial charge < -0.3 is 24.7 Å². The number of esters is 1. The van der Waals surface area contributed by atoms with Crippen molar-refractivity contribution in [3.05, 3.63) is 71.3 Å². The minimum Gasteiger partial charge on any atom is -0.464 e. The Labute approximate surface area is 215 Å². The van der Waals surface area contributed by atoms with Gasteiger partial charge in [0.1, 0.15) is 12.3 Å². The second-order valence-electron chi connectivity index (χ2n) is 8.80. The Balaban J connectivity index is 1.71. The molecule has 2 N–H and O–H groups in total. The molecule has 0 aliphatic carbocycles. The van der Waals surface area contributed by atoms with Crippen LogP contribution in [0.4, 0.5) is 11.4 Å². The molecule has 0 saturated heterocycles. The van der Waals surface area contributed by atoms with Crippen molar-refractivity contribution < 1.29 is 19.1 Å². The molecule has 0 bridgehead atoms. The zero-order valence-electron chi connectivity index (χ0n) is 21.6. The van der Waals surface area contributed by atoms with Crippen LogP contribution in [0.3, 0.4) is 0 Å². The summed E-state index contributed by atoms with van der Waals surface area (Å²) < 4.78 is 13.7. The zero-order chi connectivity index (χ0) is 26.4. The van der Waals surface area contributed by atoms with Crippen LogP contribution < -0.4 is 10.6 Å². The molecular weight excluding hydrogens is 472 g/mol. The Morgan fingerprint density at radius 2 is 1.92 bits per heavy atom. The molecule has 0 aliphatic rings. The van der Waals surface area contributed by atoms with Crippen molar-refractivity contribution in [3.8, 4) is 0 Å². The highest BCUT2D eigenvalue weighted by molar-refractivity contribution is 6.11. The number of nitrogens with zero attached hydrogens (tertiary/aromatic N) is 4. The zero-order valence-corrected chi connectivity index (χ0v) is 21.6. The Morgan fingerprint density at radius 1 is 1.14 bits per heavy atom. The molecule has 10 heteroatoms. The van der Waals surface area contributed by atoms with E-state index in [1.807, 2.05) is 49.0 Å². The number of benzene rings is 1. The monoisotopic (exact) mass is 504 g/mol. The van der Waals surface area contributed by atoms with E-state index in [1.165, 1.54) is 19.8 Å². The highest BCUT2D eigenvalue weighted by Crippen LogP contribution is 2.33. The van der Waals surface area contributed by atoms with Crippen LogP contribution in [0.25, 0.3) is 11.0 Å². The van der Waals surface area contributed by atoms with E-state index in [4.69, 9.17) is 9.47 Å². The number of amides is 1. The number of carbonyl (C=O) groups excluding carboxylic acids is 2. The summed E-state index contributed by atoms with van der Waals surface area (Å²) in [5, 5.41) is 11.2. The molecule has 1 aromatic carbocycles. The normalized spacial score (nSPS) is 11.0. The summed E-state index contributed by atoms with van der Waals surface area (Å²) in [7, 11) is 4.65. The molecule has 3 aromatic heterocycles. The Kier molecular flexibility index (Phi) is 8.19. The van der Waals surface area contributed by atoms with E-state index >= 15 is 0 Å². The van der Waals surface area contributed by atoms with Crippen LogP contribution in [-0.2, 0) is 40.8 Å². The number of methoxy groups -OCH3 is 2. The number of carbonyl (C=O) groups is 2. The number of fused-ring (bicyclic) bond motifs is 1. The number of aromatic nitrogens is 4. The number of anilines is 2. The molecule has 0 atom stereocenters. The lowest BCUT2D eigenvalue weighted by molar-refractivity contribution is -0.119. The first-order valence-corrected chi connectivity index (χ1v) is 12.1. The van der Waals surface area contributed by atoms with Gasteiger partial charge in [0, 0.05) is 44.4 Å². The van der Waals surface area contributed by atoms with Crippen LogP contribution in [0.2, 0.25) is 0 Å². The molecule has 4 aromatic rings. The SMILES string of the molecule is COCC(=O)Nc1c(C(=O)OC)n(CCCc2ccccc2)c2ncc(NCc3cn(C)nc3C)cc12. The van der Waals surface area contributed by atoms with Crippen molar-refractivity contribution in [2.24, 2.45) is 7.05 Å². The smallest absolute Gasteiger partial charge is 0.356 e. The average Bonchev–Trinajstić information content (AvgIpc) is 3.38. The third-order valence-corrected chi connectivity index (χ3v) is 6.11. The van der Waals surface area contributed by atoms with Gasteiger partial charge in [-0.3, -0.25) is 9.48 Å². The van der Waals surface area contributed by atoms with Crippen molar-refractivity contribution in [1.82, 2.24) is 19.3 Å². The fourth-order valence-corrected chi connectivity index (χ4v) is 4.39. The van der Waals surface area contributed by atoms with Crippen molar-refractivity contribution in [2.45, 2.75) is 32.9 Å². The third kappa shape index (κ3) is 5.97. The van der Waals surface area contributed by atoms with Gasteiger partial charge in [0.05, 0.1) is 30.4 Å². The van der Waals surface area contributed by atoms with E-state index in [0.29, 0.717) is 29.8 Å². The maximum atomic E-state index is 13.0. The largest absolute Gasteiger partial charge is 0.464 e. The first kappa shape index (κ1) is 25.9. The van der Waals surface area contributed by atoms with Crippen LogP contribution in [0.1, 0.15) is 33.7 Å². The summed E-state index contributed by atoms with van der Waals surface area (Å²) in [6.45, 7) is 2.89. The summed E-state index contributed by atoms with van der Waals surface area (Å²) in [5.41, 5.74) is 5.15. The van der Waals surface area contributed by atoms with Crippen LogP contribution in [0.15, 0.2) is 48.8 Å². The lowest BCUT2D eigenvalue weighted by atomic mass is 10.1. The lowest BCUT2D eigenvalue weighted by Gasteiger charge is -2.11. The maximum absolute atomic E-state index is 13.0. The predicted molar refractivity (Wildman–Crippen MR) is 142 cm³/mol. The highest BCUT2D eigenvalue weighted by Gasteiger charge is 2.26. The molecule has 0 fully saturated rings. The molecule has 37 heavy (non-hydrogen) atoms. The number of aryl methyl sites for hydroxylation is 4. The fourth-order valence-electron chi connectivity index (χ4n) is 4.39. The first-order chi connectivity index (χ1) is 17.9. The van der Waals surface area contributed by atoms with Gasteiger partial charge in [-0.2, -0.15) is 5.10 Å². The van der Waals surface area contributed by atoms with E-state index in [1.54, 1.807) is 10.9 Å². The first-order valence-electron chi connectivity index (χ1n) is 12.1. The minimum absolute atomic E-state index is 0.146. The standard InChI is InChI=1S/C27H32N6O4/c1-18-20(16-32(2)31-18)14-28-21-13-22-24(30-23(34)17-36-3)25(27(35)37-4)33(26(22)29-15-21)12-8-11-19-9-6-5-7-10-19/h5-7,9-10,13,15-16,28H,8,11-12,14,17H2,1-4H3,(H,30,34). The van der Waals surface area contributed by atoms with Crippen molar-refractivity contribution in [2.75, 3.05) is 31.5 Å². The van der Waals surface area contributed by atoms with E-state index in [0.717, 1.165) is 29.8 Å². The molecule has 194 valence electrons. The molecule has 0 saturated carbocycles. The van der Waals surface area contributed by atoms with Crippen molar-refractivity contribution in [1.29, 1.82) is 0 Å². The molecule has 3 heterocycles. The predicted octanol–water partition coefficient (Wildman–Crippen LogP) is 3.69. The van der Waals surface area contributed by atoms with Gasteiger partial charge in [0.25, 0.3) is 0 Å². The molecular formula is C27H32N6O4. The Hall–Kier alpha value is -4.18. The minimum atomic E-state index is -0.550. The van der Waals surface area contributed by atoms with Gasteiger partial charge in [-0.1, -0.05) is 30.3 Å². The third-order valence-electron chi connectivity index (χ3n) is 6.11. The van der Waals surface area contributed by atoms with E-state index in [2.05, 4.69) is 32.8 Å². The van der Waals surface area contributed by atoms with Crippen LogP contribution in [0, 0.1) is 6.92 Å². The number of hydrogen-bond donors (Lipinski definition) is 2. The van der Waals surface area contributed by atoms with E-state index in [-0.39, 0.29) is 18.2 Å². The van der Waals surface area contributed by atoms with Gasteiger partial charge in [-0.15, -0.1) is 0 Å². The summed E-state index contributed by atoms with van der Waals surface area (Å²) in [4.78, 5) is 30.2. The number of nitrogens with one attached hydrogen (secondary N) is 2.